The Morgan fingerprint density at radius 3 is 2.59 bits per heavy atom. The Morgan fingerprint density at radius 2 is 1.93 bits per heavy atom. The molecule has 0 radical (unpaired) electrons. The minimum Gasteiger partial charge on any atom is -0.345 e. The lowest BCUT2D eigenvalue weighted by atomic mass is 10.2. The lowest BCUT2D eigenvalue weighted by molar-refractivity contribution is 0.0945. The summed E-state index contributed by atoms with van der Waals surface area (Å²) in [6.45, 7) is 0.165. The number of nitrogens with one attached hydrogen (secondary N) is 2. The largest absolute Gasteiger partial charge is 0.345 e. The molecular weight excluding hydrogens is 421 g/mol. The highest BCUT2D eigenvalue weighted by Gasteiger charge is 2.16. The zero-order valence-electron chi connectivity index (χ0n) is 14.8. The van der Waals surface area contributed by atoms with Crippen LogP contribution in [0, 0.1) is 5.82 Å². The third kappa shape index (κ3) is 5.53. The van der Waals surface area contributed by atoms with Gasteiger partial charge in [-0.05, 0) is 35.9 Å². The zero-order valence-corrected chi connectivity index (χ0v) is 16.4. The van der Waals surface area contributed by atoms with E-state index in [9.17, 15) is 17.6 Å². The summed E-state index contributed by atoms with van der Waals surface area (Å²) >= 11 is 5.63. The molecule has 0 atom stereocenters. The average Bonchev–Trinajstić information content (AvgIpc) is 2.73. The number of benzene rings is 1. The molecule has 0 aliphatic carbocycles. The van der Waals surface area contributed by atoms with E-state index in [1.165, 1.54) is 18.6 Å². The SMILES string of the molecule is O=C(NCc1ccncn1)c1ccc(CNS(=O)(=O)c2ccc(F)c(Cl)c2)cn1. The van der Waals surface area contributed by atoms with E-state index < -0.39 is 21.7 Å². The van der Waals surface area contributed by atoms with Crippen LogP contribution in [0.2, 0.25) is 5.02 Å². The smallest absolute Gasteiger partial charge is 0.270 e. The van der Waals surface area contributed by atoms with Crippen molar-refractivity contribution >= 4 is 27.5 Å². The van der Waals surface area contributed by atoms with Crippen LogP contribution in [-0.2, 0) is 23.1 Å². The molecular formula is C18H15ClFN5O3S. The van der Waals surface area contributed by atoms with Gasteiger partial charge in [0.1, 0.15) is 17.8 Å². The van der Waals surface area contributed by atoms with Gasteiger partial charge in [0.15, 0.2) is 0 Å². The van der Waals surface area contributed by atoms with Crippen LogP contribution in [0.3, 0.4) is 0 Å². The van der Waals surface area contributed by atoms with Crippen molar-refractivity contribution in [2.24, 2.45) is 0 Å². The first-order chi connectivity index (χ1) is 13.8. The number of aromatic nitrogens is 3. The average molecular weight is 436 g/mol. The first-order valence-corrected chi connectivity index (χ1v) is 10.1. The molecule has 11 heteroatoms. The molecule has 2 N–H and O–H groups in total. The molecule has 2 heterocycles. The van der Waals surface area contributed by atoms with Gasteiger partial charge in [-0.15, -0.1) is 0 Å². The van der Waals surface area contributed by atoms with Crippen LogP contribution in [0.15, 0.2) is 60.0 Å². The summed E-state index contributed by atoms with van der Waals surface area (Å²) in [5.74, 6) is -1.10. The van der Waals surface area contributed by atoms with Crippen molar-refractivity contribution in [3.63, 3.8) is 0 Å². The highest BCUT2D eigenvalue weighted by Crippen LogP contribution is 2.19. The fourth-order valence-electron chi connectivity index (χ4n) is 2.25. The Bertz CT molecular complexity index is 1110. The van der Waals surface area contributed by atoms with E-state index in [0.29, 0.717) is 11.3 Å². The summed E-state index contributed by atoms with van der Waals surface area (Å²) < 4.78 is 40.1. The van der Waals surface area contributed by atoms with Gasteiger partial charge in [0.2, 0.25) is 10.0 Å². The minimum atomic E-state index is -3.88. The minimum absolute atomic E-state index is 0.0623. The van der Waals surface area contributed by atoms with Crippen LogP contribution in [0.1, 0.15) is 21.7 Å². The highest BCUT2D eigenvalue weighted by molar-refractivity contribution is 7.89. The fraction of sp³-hybridized carbons (Fsp3) is 0.111. The molecule has 0 spiro atoms. The maximum atomic E-state index is 13.2. The normalized spacial score (nSPS) is 11.2. The second-order valence-electron chi connectivity index (χ2n) is 5.84. The summed E-state index contributed by atoms with van der Waals surface area (Å²) in [5.41, 5.74) is 1.37. The molecule has 0 aliphatic rings. The highest BCUT2D eigenvalue weighted by atomic mass is 35.5. The van der Waals surface area contributed by atoms with Gasteiger partial charge in [-0.3, -0.25) is 9.78 Å². The van der Waals surface area contributed by atoms with Gasteiger partial charge >= 0.3 is 0 Å². The Kier molecular flexibility index (Phi) is 6.47. The van der Waals surface area contributed by atoms with Crippen molar-refractivity contribution in [1.82, 2.24) is 25.0 Å². The molecule has 0 fully saturated rings. The van der Waals surface area contributed by atoms with Gasteiger partial charge in [0.05, 0.1) is 22.2 Å². The molecule has 3 aromatic rings. The molecule has 150 valence electrons. The fourth-order valence-corrected chi connectivity index (χ4v) is 3.54. The van der Waals surface area contributed by atoms with Gasteiger partial charge in [0, 0.05) is 18.9 Å². The van der Waals surface area contributed by atoms with Crippen molar-refractivity contribution in [2.75, 3.05) is 0 Å². The summed E-state index contributed by atoms with van der Waals surface area (Å²) in [5, 5.41) is 2.39. The molecule has 8 nitrogen and oxygen atoms in total. The monoisotopic (exact) mass is 435 g/mol. The molecule has 29 heavy (non-hydrogen) atoms. The maximum absolute atomic E-state index is 13.2. The third-order valence-electron chi connectivity index (χ3n) is 3.80. The number of nitrogens with zero attached hydrogens (tertiary/aromatic N) is 3. The Hall–Kier alpha value is -2.95. The summed E-state index contributed by atoms with van der Waals surface area (Å²) in [4.78, 5) is 23.8. The lowest BCUT2D eigenvalue weighted by Crippen LogP contribution is -2.25. The van der Waals surface area contributed by atoms with E-state index in [1.807, 2.05) is 0 Å². The second-order valence-corrected chi connectivity index (χ2v) is 8.01. The molecule has 3 rings (SSSR count). The van der Waals surface area contributed by atoms with Crippen LogP contribution in [0.5, 0.6) is 0 Å². The predicted molar refractivity (Wildman–Crippen MR) is 103 cm³/mol. The standard InChI is InChI=1S/C18H15ClFN5O3S/c19-15-7-14(2-3-16(15)20)29(27,28)25-9-12-1-4-17(22-8-12)18(26)23-10-13-5-6-21-11-24-13/h1-8,11,25H,9-10H2,(H,23,26). The first kappa shape index (κ1) is 20.8. The van der Waals surface area contributed by atoms with E-state index >= 15 is 0 Å². The van der Waals surface area contributed by atoms with Crippen molar-refractivity contribution < 1.29 is 17.6 Å². The van der Waals surface area contributed by atoms with Crippen LogP contribution in [0.4, 0.5) is 4.39 Å². The molecule has 1 amide bonds. The summed E-state index contributed by atoms with van der Waals surface area (Å²) in [7, 11) is -3.88. The number of hydrogen-bond donors (Lipinski definition) is 2. The van der Waals surface area contributed by atoms with E-state index in [4.69, 9.17) is 11.6 Å². The van der Waals surface area contributed by atoms with Crippen LogP contribution < -0.4 is 10.0 Å². The third-order valence-corrected chi connectivity index (χ3v) is 5.49. The molecule has 0 unspecified atom stereocenters. The number of sulfonamides is 1. The second kappa shape index (κ2) is 9.03. The molecule has 0 aliphatic heterocycles. The number of carbonyl (C=O) groups is 1. The molecule has 1 aromatic carbocycles. The Balaban J connectivity index is 1.58. The zero-order chi connectivity index (χ0) is 20.9. The number of carbonyl (C=O) groups excluding carboxylic acids is 1. The topological polar surface area (TPSA) is 114 Å². The van der Waals surface area contributed by atoms with Crippen molar-refractivity contribution in [1.29, 1.82) is 0 Å². The molecule has 2 aromatic heterocycles. The van der Waals surface area contributed by atoms with Gasteiger partial charge in [-0.25, -0.2) is 27.5 Å². The van der Waals surface area contributed by atoms with Crippen molar-refractivity contribution in [3.8, 4) is 0 Å². The van der Waals surface area contributed by atoms with E-state index in [-0.39, 0.29) is 28.7 Å². The number of rotatable bonds is 7. The van der Waals surface area contributed by atoms with Crippen LogP contribution >= 0.6 is 11.6 Å². The van der Waals surface area contributed by atoms with Gasteiger partial charge in [-0.2, -0.15) is 0 Å². The lowest BCUT2D eigenvalue weighted by Gasteiger charge is -2.08. The van der Waals surface area contributed by atoms with Crippen LogP contribution in [0.25, 0.3) is 0 Å². The van der Waals surface area contributed by atoms with Crippen molar-refractivity contribution in [2.45, 2.75) is 18.0 Å². The predicted octanol–water partition coefficient (Wildman–Crippen LogP) is 2.07. The number of halogens is 2. The number of hydrogen-bond acceptors (Lipinski definition) is 6. The number of amides is 1. The Morgan fingerprint density at radius 1 is 1.10 bits per heavy atom. The molecule has 0 saturated carbocycles. The summed E-state index contributed by atoms with van der Waals surface area (Å²) in [6, 6.07) is 7.86. The van der Waals surface area contributed by atoms with E-state index in [1.54, 1.807) is 18.3 Å². The Labute approximate surface area is 171 Å². The van der Waals surface area contributed by atoms with Gasteiger partial charge < -0.3 is 5.32 Å². The quantitative estimate of drug-likeness (QED) is 0.587. The maximum Gasteiger partial charge on any atom is 0.270 e. The van der Waals surface area contributed by atoms with E-state index in [2.05, 4.69) is 25.0 Å². The van der Waals surface area contributed by atoms with Gasteiger partial charge in [0.25, 0.3) is 5.91 Å². The van der Waals surface area contributed by atoms with Crippen molar-refractivity contribution in [3.05, 3.63) is 82.9 Å². The summed E-state index contributed by atoms with van der Waals surface area (Å²) in [6.07, 6.45) is 4.34. The van der Waals surface area contributed by atoms with Gasteiger partial charge in [-0.1, -0.05) is 17.7 Å². The molecule has 0 bridgehead atoms. The van der Waals surface area contributed by atoms with E-state index in [0.717, 1.165) is 18.2 Å². The first-order valence-electron chi connectivity index (χ1n) is 8.28. The number of pyridine rings is 1. The molecule has 0 saturated heterocycles. The van der Waals surface area contributed by atoms with Crippen LogP contribution in [-0.4, -0.2) is 29.3 Å².